The average molecular weight is 322 g/mol. The summed E-state index contributed by atoms with van der Waals surface area (Å²) in [4.78, 5) is 0.313. The van der Waals surface area contributed by atoms with E-state index in [2.05, 4.69) is 12.0 Å². The van der Waals surface area contributed by atoms with Gasteiger partial charge in [0.15, 0.2) is 0 Å². The molecule has 0 aliphatic heterocycles. The monoisotopic (exact) mass is 321 g/mol. The third-order valence-corrected chi connectivity index (χ3v) is 5.79. The lowest BCUT2D eigenvalue weighted by Gasteiger charge is -2.20. The summed E-state index contributed by atoms with van der Waals surface area (Å²) < 4.78 is 28.4. The lowest BCUT2D eigenvalue weighted by Crippen LogP contribution is -2.31. The molecule has 7 heteroatoms. The molecule has 0 aromatic carbocycles. The van der Waals surface area contributed by atoms with Gasteiger partial charge in [0.05, 0.1) is 17.9 Å². The quantitative estimate of drug-likeness (QED) is 0.725. The van der Waals surface area contributed by atoms with Gasteiger partial charge in [-0.15, -0.1) is 11.6 Å². The smallest absolute Gasteiger partial charge is 0.246 e. The standard InChI is InChI=1S/C13H24ClN3O2S/c1-6-10(2)9-16(5)20(18,19)13-11(3)15-17(8-7-14)12(13)4/h10H,6-9H2,1-5H3. The molecule has 0 saturated heterocycles. The first-order valence-electron chi connectivity index (χ1n) is 6.82. The van der Waals surface area contributed by atoms with E-state index in [0.29, 0.717) is 41.2 Å². The zero-order valence-corrected chi connectivity index (χ0v) is 14.4. The van der Waals surface area contributed by atoms with E-state index in [1.54, 1.807) is 25.6 Å². The van der Waals surface area contributed by atoms with E-state index in [4.69, 9.17) is 11.6 Å². The number of sulfonamides is 1. The van der Waals surface area contributed by atoms with E-state index in [9.17, 15) is 8.42 Å². The number of hydrogen-bond donors (Lipinski definition) is 0. The highest BCUT2D eigenvalue weighted by Gasteiger charge is 2.29. The highest BCUT2D eigenvalue weighted by Crippen LogP contribution is 2.23. The lowest BCUT2D eigenvalue weighted by atomic mass is 10.1. The highest BCUT2D eigenvalue weighted by molar-refractivity contribution is 7.89. The molecule has 5 nitrogen and oxygen atoms in total. The van der Waals surface area contributed by atoms with Crippen LogP contribution >= 0.6 is 11.6 Å². The van der Waals surface area contributed by atoms with Crippen LogP contribution < -0.4 is 0 Å². The van der Waals surface area contributed by atoms with Crippen molar-refractivity contribution >= 4 is 21.6 Å². The number of rotatable bonds is 7. The maximum atomic E-state index is 12.7. The molecule has 0 N–H and O–H groups in total. The molecule has 0 amide bonds. The van der Waals surface area contributed by atoms with Crippen molar-refractivity contribution in [3.63, 3.8) is 0 Å². The summed E-state index contributed by atoms with van der Waals surface area (Å²) in [5.74, 6) is 0.734. The summed E-state index contributed by atoms with van der Waals surface area (Å²) in [5, 5.41) is 4.27. The molecule has 1 aromatic rings. The molecular formula is C13H24ClN3O2S. The van der Waals surface area contributed by atoms with E-state index >= 15 is 0 Å². The topological polar surface area (TPSA) is 55.2 Å². The number of aromatic nitrogens is 2. The Bertz CT molecular complexity index is 554. The normalized spacial score (nSPS) is 13.9. The Hall–Kier alpha value is -0.590. The first-order chi connectivity index (χ1) is 9.25. The first kappa shape index (κ1) is 17.5. The Morgan fingerprint density at radius 3 is 2.50 bits per heavy atom. The van der Waals surface area contributed by atoms with Gasteiger partial charge in [0.2, 0.25) is 10.0 Å². The van der Waals surface area contributed by atoms with E-state index in [1.165, 1.54) is 4.31 Å². The van der Waals surface area contributed by atoms with E-state index in [1.807, 2.05) is 6.92 Å². The molecule has 1 atom stereocenters. The van der Waals surface area contributed by atoms with Crippen molar-refractivity contribution in [2.45, 2.75) is 45.6 Å². The second-order valence-electron chi connectivity index (χ2n) is 5.21. The van der Waals surface area contributed by atoms with Crippen LogP contribution in [-0.4, -0.2) is 42.0 Å². The van der Waals surface area contributed by atoms with Gasteiger partial charge in [0.25, 0.3) is 0 Å². The fourth-order valence-corrected chi connectivity index (χ4v) is 3.99. The fourth-order valence-electron chi connectivity index (χ4n) is 2.17. The summed E-state index contributed by atoms with van der Waals surface area (Å²) in [5.41, 5.74) is 1.18. The van der Waals surface area contributed by atoms with E-state index < -0.39 is 10.0 Å². The van der Waals surface area contributed by atoms with Crippen molar-refractivity contribution in [3.05, 3.63) is 11.4 Å². The van der Waals surface area contributed by atoms with Crippen molar-refractivity contribution in [1.29, 1.82) is 0 Å². The molecule has 0 spiro atoms. The maximum Gasteiger partial charge on any atom is 0.246 e. The van der Waals surface area contributed by atoms with Gasteiger partial charge in [-0.1, -0.05) is 20.3 Å². The van der Waals surface area contributed by atoms with Crippen LogP contribution in [0.4, 0.5) is 0 Å². The van der Waals surface area contributed by atoms with Crippen LogP contribution in [-0.2, 0) is 16.6 Å². The molecule has 116 valence electrons. The zero-order chi connectivity index (χ0) is 15.5. The largest absolute Gasteiger partial charge is 0.267 e. The fraction of sp³-hybridized carbons (Fsp3) is 0.769. The Morgan fingerprint density at radius 1 is 1.40 bits per heavy atom. The molecule has 0 saturated carbocycles. The van der Waals surface area contributed by atoms with Crippen LogP contribution in [0.5, 0.6) is 0 Å². The second-order valence-corrected chi connectivity index (χ2v) is 7.57. The van der Waals surface area contributed by atoms with Crippen LogP contribution in [0.15, 0.2) is 4.90 Å². The molecule has 1 rings (SSSR count). The van der Waals surface area contributed by atoms with Gasteiger partial charge in [-0.3, -0.25) is 4.68 Å². The van der Waals surface area contributed by atoms with Crippen molar-refractivity contribution in [2.75, 3.05) is 19.5 Å². The van der Waals surface area contributed by atoms with Gasteiger partial charge in [-0.05, 0) is 19.8 Å². The van der Waals surface area contributed by atoms with Crippen LogP contribution in [0.3, 0.4) is 0 Å². The van der Waals surface area contributed by atoms with Gasteiger partial charge in [0.1, 0.15) is 4.90 Å². The van der Waals surface area contributed by atoms with Crippen LogP contribution in [0.2, 0.25) is 0 Å². The molecule has 0 fully saturated rings. The average Bonchev–Trinajstić information content (AvgIpc) is 2.65. The zero-order valence-electron chi connectivity index (χ0n) is 12.9. The molecule has 1 aromatic heterocycles. The van der Waals surface area contributed by atoms with Crippen molar-refractivity contribution < 1.29 is 8.42 Å². The molecule has 0 bridgehead atoms. The minimum atomic E-state index is -3.50. The molecule has 0 aliphatic carbocycles. The van der Waals surface area contributed by atoms with Crippen molar-refractivity contribution in [3.8, 4) is 0 Å². The van der Waals surface area contributed by atoms with Crippen LogP contribution in [0, 0.1) is 19.8 Å². The van der Waals surface area contributed by atoms with E-state index in [0.717, 1.165) is 6.42 Å². The Labute approximate surface area is 127 Å². The predicted octanol–water partition coefficient (Wildman–Crippen LogP) is 2.41. The van der Waals surface area contributed by atoms with E-state index in [-0.39, 0.29) is 0 Å². The third kappa shape index (κ3) is 3.54. The molecular weight excluding hydrogens is 298 g/mol. The summed E-state index contributed by atoms with van der Waals surface area (Å²) >= 11 is 5.71. The number of aryl methyl sites for hydroxylation is 2. The van der Waals surface area contributed by atoms with Gasteiger partial charge < -0.3 is 0 Å². The minimum Gasteiger partial charge on any atom is -0.267 e. The maximum absolute atomic E-state index is 12.7. The SMILES string of the molecule is CCC(C)CN(C)S(=O)(=O)c1c(C)nn(CCCl)c1C. The third-order valence-electron chi connectivity index (χ3n) is 3.55. The molecule has 20 heavy (non-hydrogen) atoms. The van der Waals surface area contributed by atoms with Gasteiger partial charge >= 0.3 is 0 Å². The molecule has 0 radical (unpaired) electrons. The first-order valence-corrected chi connectivity index (χ1v) is 8.79. The molecule has 0 aliphatic rings. The number of hydrogen-bond acceptors (Lipinski definition) is 3. The van der Waals surface area contributed by atoms with Gasteiger partial charge in [-0.2, -0.15) is 5.10 Å². The summed E-state index contributed by atoms with van der Waals surface area (Å²) in [7, 11) is -1.87. The number of alkyl halides is 1. The Morgan fingerprint density at radius 2 is 2.00 bits per heavy atom. The van der Waals surface area contributed by atoms with Crippen molar-refractivity contribution in [2.24, 2.45) is 5.92 Å². The summed E-state index contributed by atoms with van der Waals surface area (Å²) in [6.07, 6.45) is 0.948. The summed E-state index contributed by atoms with van der Waals surface area (Å²) in [6, 6.07) is 0. The van der Waals surface area contributed by atoms with Gasteiger partial charge in [0, 0.05) is 19.5 Å². The van der Waals surface area contributed by atoms with Gasteiger partial charge in [-0.25, -0.2) is 12.7 Å². The number of nitrogens with zero attached hydrogens (tertiary/aromatic N) is 3. The predicted molar refractivity (Wildman–Crippen MR) is 81.7 cm³/mol. The minimum absolute atomic E-state index is 0.313. The summed E-state index contributed by atoms with van der Waals surface area (Å²) in [6.45, 7) is 8.62. The van der Waals surface area contributed by atoms with Crippen LogP contribution in [0.1, 0.15) is 31.7 Å². The number of halogens is 1. The van der Waals surface area contributed by atoms with Crippen LogP contribution in [0.25, 0.3) is 0 Å². The lowest BCUT2D eigenvalue weighted by molar-refractivity contribution is 0.393. The Balaban J connectivity index is 3.15. The second kappa shape index (κ2) is 6.91. The Kier molecular flexibility index (Phi) is 6.04. The van der Waals surface area contributed by atoms with Crippen molar-refractivity contribution in [1.82, 2.24) is 14.1 Å². The molecule has 1 heterocycles. The molecule has 1 unspecified atom stereocenters. The highest BCUT2D eigenvalue weighted by atomic mass is 35.5.